The van der Waals surface area contributed by atoms with Gasteiger partial charge in [0.25, 0.3) is 0 Å². The van der Waals surface area contributed by atoms with Crippen LogP contribution in [-0.2, 0) is 0 Å². The summed E-state index contributed by atoms with van der Waals surface area (Å²) in [5.41, 5.74) is 1.28. The highest BCUT2D eigenvalue weighted by atomic mass is 16.5. The van der Waals surface area contributed by atoms with Crippen LogP contribution in [0.4, 0.5) is 0 Å². The van der Waals surface area contributed by atoms with Crippen LogP contribution in [0.2, 0.25) is 0 Å². The van der Waals surface area contributed by atoms with Crippen LogP contribution in [-0.4, -0.2) is 23.3 Å². The Kier molecular flexibility index (Phi) is 3.62. The van der Waals surface area contributed by atoms with Gasteiger partial charge in [-0.05, 0) is 29.3 Å². The summed E-state index contributed by atoms with van der Waals surface area (Å²) in [4.78, 5) is 11.4. The van der Waals surface area contributed by atoms with Gasteiger partial charge >= 0.3 is 5.97 Å². The summed E-state index contributed by atoms with van der Waals surface area (Å²) in [7, 11) is 1.47. The topological polar surface area (TPSA) is 66.8 Å². The zero-order chi connectivity index (χ0) is 14.7. The van der Waals surface area contributed by atoms with Crippen molar-refractivity contribution >= 4 is 5.97 Å². The lowest BCUT2D eigenvalue weighted by molar-refractivity contribution is 0.0697. The van der Waals surface area contributed by atoms with Gasteiger partial charge in [0.1, 0.15) is 11.5 Å². The Morgan fingerprint density at radius 3 is 2.65 bits per heavy atom. The number of rotatable bonds is 3. The van der Waals surface area contributed by atoms with Gasteiger partial charge in [0.2, 0.25) is 0 Å². The summed E-state index contributed by atoms with van der Waals surface area (Å²) in [6.07, 6.45) is 5.33. The smallest absolute Gasteiger partial charge is 0.337 e. The van der Waals surface area contributed by atoms with Gasteiger partial charge in [-0.25, -0.2) is 4.79 Å². The number of aromatic carboxylic acids is 1. The maximum Gasteiger partial charge on any atom is 0.337 e. The monoisotopic (exact) mass is 268 g/mol. The van der Waals surface area contributed by atoms with Gasteiger partial charge in [0, 0.05) is 11.6 Å². The van der Waals surface area contributed by atoms with Gasteiger partial charge in [-0.2, -0.15) is 0 Å². The Balaban J connectivity index is 2.73. The summed E-state index contributed by atoms with van der Waals surface area (Å²) in [6, 6.07) is 9.42. The van der Waals surface area contributed by atoms with Crippen molar-refractivity contribution in [3.05, 3.63) is 47.5 Å². The average molecular weight is 268 g/mol. The molecule has 0 saturated carbocycles. The highest BCUT2D eigenvalue weighted by Crippen LogP contribution is 2.32. The number of aromatic hydroxyl groups is 1. The fourth-order valence-electron chi connectivity index (χ4n) is 2.00. The molecular weight excluding hydrogens is 256 g/mol. The van der Waals surface area contributed by atoms with Crippen LogP contribution in [0, 0.1) is 12.3 Å². The molecule has 0 aliphatic rings. The first-order valence-corrected chi connectivity index (χ1v) is 5.78. The molecule has 4 heteroatoms. The molecule has 0 radical (unpaired) electrons. The molecule has 0 aliphatic carbocycles. The normalized spacial score (nSPS) is 9.80. The van der Waals surface area contributed by atoms with E-state index in [1.807, 2.05) is 0 Å². The molecule has 0 aromatic heterocycles. The first-order chi connectivity index (χ1) is 9.56. The molecule has 0 spiro atoms. The predicted molar refractivity (Wildman–Crippen MR) is 75.0 cm³/mol. The van der Waals surface area contributed by atoms with E-state index in [4.69, 9.17) is 11.2 Å². The first-order valence-electron chi connectivity index (χ1n) is 5.78. The number of carboxylic acids is 1. The molecule has 20 heavy (non-hydrogen) atoms. The Hall–Kier alpha value is -2.93. The number of phenolic OH excluding ortho intramolecular Hbond substituents is 1. The third-order valence-corrected chi connectivity index (χ3v) is 2.87. The molecule has 0 unspecified atom stereocenters. The van der Waals surface area contributed by atoms with Gasteiger partial charge in [0.05, 0.1) is 12.7 Å². The van der Waals surface area contributed by atoms with E-state index in [2.05, 4.69) is 5.92 Å². The van der Waals surface area contributed by atoms with Crippen LogP contribution < -0.4 is 4.74 Å². The molecule has 2 aromatic rings. The number of hydrogen-bond acceptors (Lipinski definition) is 3. The van der Waals surface area contributed by atoms with Crippen LogP contribution in [0.5, 0.6) is 11.5 Å². The van der Waals surface area contributed by atoms with Crippen molar-refractivity contribution in [3.63, 3.8) is 0 Å². The van der Waals surface area contributed by atoms with E-state index in [9.17, 15) is 15.0 Å². The summed E-state index contributed by atoms with van der Waals surface area (Å²) in [5, 5.41) is 19.0. The second-order valence-electron chi connectivity index (χ2n) is 4.10. The van der Waals surface area contributed by atoms with Crippen molar-refractivity contribution in [1.82, 2.24) is 0 Å². The number of phenols is 1. The molecule has 0 bridgehead atoms. The first kappa shape index (κ1) is 13.5. The molecule has 0 atom stereocenters. The Bertz CT molecular complexity index is 711. The molecule has 2 N–H and O–H groups in total. The number of hydrogen-bond donors (Lipinski definition) is 2. The van der Waals surface area contributed by atoms with E-state index >= 15 is 0 Å². The Morgan fingerprint density at radius 2 is 2.05 bits per heavy atom. The van der Waals surface area contributed by atoms with Crippen LogP contribution in [0.1, 0.15) is 15.9 Å². The predicted octanol–water partition coefficient (Wildman–Crippen LogP) is 2.75. The van der Waals surface area contributed by atoms with Gasteiger partial charge < -0.3 is 14.9 Å². The zero-order valence-corrected chi connectivity index (χ0v) is 10.8. The standard InChI is InChI=1S/C16H12O4/c1-3-10-5-4-6-14(15(10)16(18)19)11-7-12(17)9-13(8-11)20-2/h1,4-9,17H,2H3,(H,18,19). The number of ether oxygens (including phenoxy) is 1. The van der Waals surface area contributed by atoms with E-state index in [0.29, 0.717) is 16.9 Å². The molecule has 100 valence electrons. The average Bonchev–Trinajstić information content (AvgIpc) is 2.45. The van der Waals surface area contributed by atoms with Crippen molar-refractivity contribution in [1.29, 1.82) is 0 Å². The van der Waals surface area contributed by atoms with Crippen molar-refractivity contribution < 1.29 is 19.7 Å². The van der Waals surface area contributed by atoms with Gasteiger partial charge in [-0.15, -0.1) is 6.42 Å². The SMILES string of the molecule is C#Cc1cccc(-c2cc(O)cc(OC)c2)c1C(=O)O. The van der Waals surface area contributed by atoms with Crippen molar-refractivity contribution in [3.8, 4) is 35.0 Å². The number of methoxy groups -OCH3 is 1. The summed E-state index contributed by atoms with van der Waals surface area (Å²) in [6.45, 7) is 0. The third-order valence-electron chi connectivity index (χ3n) is 2.87. The number of carbonyl (C=O) groups is 1. The van der Waals surface area contributed by atoms with E-state index in [0.717, 1.165) is 0 Å². The quantitative estimate of drug-likeness (QED) is 0.840. The highest BCUT2D eigenvalue weighted by Gasteiger charge is 2.16. The fourth-order valence-corrected chi connectivity index (χ4v) is 2.00. The molecule has 2 aromatic carbocycles. The molecule has 0 fully saturated rings. The molecule has 2 rings (SSSR count). The van der Waals surface area contributed by atoms with Crippen LogP contribution in [0.25, 0.3) is 11.1 Å². The van der Waals surface area contributed by atoms with Crippen LogP contribution >= 0.6 is 0 Å². The van der Waals surface area contributed by atoms with E-state index in [1.54, 1.807) is 24.3 Å². The number of carboxylic acid groups (broad SMARTS) is 1. The van der Waals surface area contributed by atoms with Crippen LogP contribution in [0.3, 0.4) is 0 Å². The number of benzene rings is 2. The van der Waals surface area contributed by atoms with E-state index in [-0.39, 0.29) is 16.9 Å². The zero-order valence-electron chi connectivity index (χ0n) is 10.8. The molecule has 0 heterocycles. The van der Waals surface area contributed by atoms with Gasteiger partial charge in [-0.1, -0.05) is 18.1 Å². The minimum Gasteiger partial charge on any atom is -0.508 e. The molecule has 0 aliphatic heterocycles. The minimum absolute atomic E-state index is 0.0122. The summed E-state index contributed by atoms with van der Waals surface area (Å²) in [5.74, 6) is 1.66. The Morgan fingerprint density at radius 1 is 1.30 bits per heavy atom. The summed E-state index contributed by atoms with van der Waals surface area (Å²) < 4.78 is 5.07. The van der Waals surface area contributed by atoms with Crippen molar-refractivity contribution in [2.24, 2.45) is 0 Å². The van der Waals surface area contributed by atoms with E-state index in [1.165, 1.54) is 19.2 Å². The minimum atomic E-state index is -1.11. The van der Waals surface area contributed by atoms with Crippen molar-refractivity contribution in [2.75, 3.05) is 7.11 Å². The maximum absolute atomic E-state index is 11.4. The molecule has 4 nitrogen and oxygen atoms in total. The largest absolute Gasteiger partial charge is 0.508 e. The van der Waals surface area contributed by atoms with Gasteiger partial charge in [0.15, 0.2) is 0 Å². The lowest BCUT2D eigenvalue weighted by Gasteiger charge is -2.10. The number of terminal acetylenes is 1. The third kappa shape index (κ3) is 2.43. The molecule has 0 saturated heterocycles. The lowest BCUT2D eigenvalue weighted by Crippen LogP contribution is -2.03. The van der Waals surface area contributed by atoms with Crippen molar-refractivity contribution in [2.45, 2.75) is 0 Å². The second kappa shape index (κ2) is 5.37. The van der Waals surface area contributed by atoms with Gasteiger partial charge in [-0.3, -0.25) is 0 Å². The fraction of sp³-hybridized carbons (Fsp3) is 0.0625. The van der Waals surface area contributed by atoms with Crippen LogP contribution in [0.15, 0.2) is 36.4 Å². The Labute approximate surface area is 116 Å². The summed E-state index contributed by atoms with van der Waals surface area (Å²) >= 11 is 0. The van der Waals surface area contributed by atoms with E-state index < -0.39 is 5.97 Å². The maximum atomic E-state index is 11.4. The molecule has 0 amide bonds. The lowest BCUT2D eigenvalue weighted by atomic mass is 9.95. The highest BCUT2D eigenvalue weighted by molar-refractivity contribution is 5.99. The second-order valence-corrected chi connectivity index (χ2v) is 4.10. The molecular formula is C16H12O4.